The quantitative estimate of drug-likeness (QED) is 0.436. The van der Waals surface area contributed by atoms with Gasteiger partial charge in [0, 0.05) is 25.0 Å². The summed E-state index contributed by atoms with van der Waals surface area (Å²) in [6.45, 7) is 5.60. The smallest absolute Gasteiger partial charge is 0.0247 e. The zero-order valence-electron chi connectivity index (χ0n) is 6.78. The molecule has 0 atom stereocenters. The van der Waals surface area contributed by atoms with Crippen LogP contribution in [0.4, 0.5) is 0 Å². The minimum absolute atomic E-state index is 0.0247. The fourth-order valence-corrected chi connectivity index (χ4v) is 0.545. The van der Waals surface area contributed by atoms with Crippen molar-refractivity contribution in [3.8, 4) is 12.3 Å². The van der Waals surface area contributed by atoms with Crippen molar-refractivity contribution in [3.63, 3.8) is 0 Å². The van der Waals surface area contributed by atoms with Gasteiger partial charge in [-0.05, 0) is 13.8 Å². The van der Waals surface area contributed by atoms with Crippen LogP contribution in [0.5, 0.6) is 0 Å². The molecule has 58 valence electrons. The first kappa shape index (κ1) is 9.48. The topological polar surface area (TPSA) is 38.0 Å². The summed E-state index contributed by atoms with van der Waals surface area (Å²) in [5, 5.41) is 3.24. The van der Waals surface area contributed by atoms with E-state index in [9.17, 15) is 0 Å². The van der Waals surface area contributed by atoms with Crippen molar-refractivity contribution in [2.24, 2.45) is 5.73 Å². The molecule has 0 bridgehead atoms. The van der Waals surface area contributed by atoms with Gasteiger partial charge in [0.25, 0.3) is 0 Å². The molecule has 2 heteroatoms. The Morgan fingerprint density at radius 2 is 2.20 bits per heavy atom. The molecular formula is C8H16N2. The Balaban J connectivity index is 3.39. The van der Waals surface area contributed by atoms with Crippen molar-refractivity contribution in [3.05, 3.63) is 0 Å². The summed E-state index contributed by atoms with van der Waals surface area (Å²) < 4.78 is 0. The highest BCUT2D eigenvalue weighted by Gasteiger charge is 2.12. The Labute approximate surface area is 63.2 Å². The van der Waals surface area contributed by atoms with Gasteiger partial charge in [0.1, 0.15) is 0 Å². The molecule has 0 saturated carbocycles. The Morgan fingerprint density at radius 1 is 1.60 bits per heavy atom. The summed E-state index contributed by atoms with van der Waals surface area (Å²) >= 11 is 0. The fraction of sp³-hybridized carbons (Fsp3) is 0.750. The molecule has 3 N–H and O–H groups in total. The maximum Gasteiger partial charge on any atom is 0.0247 e. The lowest BCUT2D eigenvalue weighted by atomic mass is 10.1. The fourth-order valence-electron chi connectivity index (χ4n) is 0.545. The van der Waals surface area contributed by atoms with Crippen LogP contribution in [0.2, 0.25) is 0 Å². The monoisotopic (exact) mass is 140 g/mol. The molecule has 0 unspecified atom stereocenters. The van der Waals surface area contributed by atoms with Crippen LogP contribution in [0.25, 0.3) is 0 Å². The van der Waals surface area contributed by atoms with Gasteiger partial charge in [0.15, 0.2) is 0 Å². The van der Waals surface area contributed by atoms with Crippen molar-refractivity contribution < 1.29 is 0 Å². The first-order valence-electron chi connectivity index (χ1n) is 3.51. The molecule has 0 aromatic heterocycles. The summed E-state index contributed by atoms with van der Waals surface area (Å²) in [6, 6.07) is 0. The van der Waals surface area contributed by atoms with E-state index in [0.29, 0.717) is 6.54 Å². The highest BCUT2D eigenvalue weighted by Crippen LogP contribution is 1.96. The van der Waals surface area contributed by atoms with E-state index in [1.807, 2.05) is 0 Å². The lowest BCUT2D eigenvalue weighted by Gasteiger charge is -2.23. The molecule has 0 aromatic carbocycles. The van der Waals surface area contributed by atoms with E-state index in [1.54, 1.807) is 0 Å². The van der Waals surface area contributed by atoms with Crippen LogP contribution in [0.3, 0.4) is 0 Å². The first-order chi connectivity index (χ1) is 4.62. The van der Waals surface area contributed by atoms with Crippen molar-refractivity contribution in [2.75, 3.05) is 13.1 Å². The van der Waals surface area contributed by atoms with Gasteiger partial charge in [-0.2, -0.15) is 0 Å². The van der Waals surface area contributed by atoms with Gasteiger partial charge in [-0.1, -0.05) is 0 Å². The second kappa shape index (κ2) is 4.32. The lowest BCUT2D eigenvalue weighted by molar-refractivity contribution is 0.404. The SMILES string of the molecule is C#CCCNC(C)(C)CN. The van der Waals surface area contributed by atoms with Crippen molar-refractivity contribution >= 4 is 0 Å². The summed E-state index contributed by atoms with van der Waals surface area (Å²) in [6.07, 6.45) is 5.85. The second-order valence-corrected chi connectivity index (χ2v) is 2.97. The third-order valence-corrected chi connectivity index (χ3v) is 1.38. The summed E-state index contributed by atoms with van der Waals surface area (Å²) in [4.78, 5) is 0. The van der Waals surface area contributed by atoms with E-state index in [0.717, 1.165) is 13.0 Å². The zero-order chi connectivity index (χ0) is 8.04. The number of hydrogen-bond acceptors (Lipinski definition) is 2. The molecule has 0 amide bonds. The molecule has 0 aromatic rings. The number of nitrogens with two attached hydrogens (primary N) is 1. The van der Waals surface area contributed by atoms with Crippen molar-refractivity contribution in [2.45, 2.75) is 25.8 Å². The first-order valence-corrected chi connectivity index (χ1v) is 3.51. The molecule has 2 nitrogen and oxygen atoms in total. The maximum atomic E-state index is 5.47. The summed E-state index contributed by atoms with van der Waals surface area (Å²) in [7, 11) is 0. The maximum absolute atomic E-state index is 5.47. The van der Waals surface area contributed by atoms with Gasteiger partial charge in [0.05, 0.1) is 0 Å². The third kappa shape index (κ3) is 4.37. The van der Waals surface area contributed by atoms with Gasteiger partial charge in [-0.15, -0.1) is 12.3 Å². The molecule has 0 spiro atoms. The molecule has 0 rings (SSSR count). The van der Waals surface area contributed by atoms with Crippen LogP contribution in [-0.4, -0.2) is 18.6 Å². The number of terminal acetylenes is 1. The Hall–Kier alpha value is -0.520. The van der Waals surface area contributed by atoms with Gasteiger partial charge < -0.3 is 11.1 Å². The molecule has 0 aliphatic carbocycles. The van der Waals surface area contributed by atoms with E-state index < -0.39 is 0 Å². The van der Waals surface area contributed by atoms with Crippen LogP contribution in [0, 0.1) is 12.3 Å². The minimum atomic E-state index is 0.0247. The molecule has 0 radical (unpaired) electrons. The van der Waals surface area contributed by atoms with Crippen LogP contribution >= 0.6 is 0 Å². The third-order valence-electron chi connectivity index (χ3n) is 1.38. The number of nitrogens with one attached hydrogen (secondary N) is 1. The van der Waals surface area contributed by atoms with Gasteiger partial charge in [-0.25, -0.2) is 0 Å². The predicted molar refractivity (Wildman–Crippen MR) is 44.6 cm³/mol. The predicted octanol–water partition coefficient (Wildman–Crippen LogP) is 0.337. The van der Waals surface area contributed by atoms with Crippen molar-refractivity contribution in [1.29, 1.82) is 0 Å². The molecule has 0 aliphatic heterocycles. The molecule has 0 heterocycles. The molecular weight excluding hydrogens is 124 g/mol. The number of rotatable bonds is 4. The second-order valence-electron chi connectivity index (χ2n) is 2.97. The van der Waals surface area contributed by atoms with Crippen LogP contribution in [-0.2, 0) is 0 Å². The van der Waals surface area contributed by atoms with E-state index in [-0.39, 0.29) is 5.54 Å². The Kier molecular flexibility index (Phi) is 4.10. The average molecular weight is 140 g/mol. The van der Waals surface area contributed by atoms with E-state index in [1.165, 1.54) is 0 Å². The summed E-state index contributed by atoms with van der Waals surface area (Å²) in [5.41, 5.74) is 5.50. The zero-order valence-corrected chi connectivity index (χ0v) is 6.78. The largest absolute Gasteiger partial charge is 0.329 e. The van der Waals surface area contributed by atoms with Gasteiger partial charge >= 0.3 is 0 Å². The van der Waals surface area contributed by atoms with E-state index >= 15 is 0 Å². The van der Waals surface area contributed by atoms with Crippen LogP contribution in [0.15, 0.2) is 0 Å². The Morgan fingerprint density at radius 3 is 2.60 bits per heavy atom. The minimum Gasteiger partial charge on any atom is -0.329 e. The molecule has 10 heavy (non-hydrogen) atoms. The van der Waals surface area contributed by atoms with E-state index in [4.69, 9.17) is 12.2 Å². The standard InChI is InChI=1S/C8H16N2/c1-4-5-6-10-8(2,3)7-9/h1,10H,5-7,9H2,2-3H3. The van der Waals surface area contributed by atoms with Crippen molar-refractivity contribution in [1.82, 2.24) is 5.32 Å². The number of hydrogen-bond donors (Lipinski definition) is 2. The van der Waals surface area contributed by atoms with Gasteiger partial charge in [-0.3, -0.25) is 0 Å². The molecule has 0 saturated heterocycles. The van der Waals surface area contributed by atoms with Crippen LogP contribution < -0.4 is 11.1 Å². The highest BCUT2D eigenvalue weighted by atomic mass is 15.0. The van der Waals surface area contributed by atoms with Crippen LogP contribution in [0.1, 0.15) is 20.3 Å². The van der Waals surface area contributed by atoms with E-state index in [2.05, 4.69) is 25.1 Å². The van der Waals surface area contributed by atoms with Gasteiger partial charge in [0.2, 0.25) is 0 Å². The highest BCUT2D eigenvalue weighted by molar-refractivity contribution is 4.86. The average Bonchev–Trinajstić information content (AvgIpc) is 1.89. The summed E-state index contributed by atoms with van der Waals surface area (Å²) in [5.74, 6) is 2.56. The molecule has 0 aliphatic rings. The normalized spacial score (nSPS) is 11.0. The molecule has 0 fully saturated rings. The lowest BCUT2D eigenvalue weighted by Crippen LogP contribution is -2.46. The Bertz CT molecular complexity index is 122.